The molecule has 0 saturated carbocycles. The van der Waals surface area contributed by atoms with Crippen LogP contribution in [0, 0.1) is 12.3 Å². The number of nitrogens with one attached hydrogen (secondary N) is 1. The normalized spacial score (nSPS) is 18.0. The average Bonchev–Trinajstić information content (AvgIpc) is 2.82. The first-order valence-corrected chi connectivity index (χ1v) is 12.2. The molecule has 168 valence electrons. The van der Waals surface area contributed by atoms with Gasteiger partial charge in [-0.2, -0.15) is 0 Å². The van der Waals surface area contributed by atoms with Gasteiger partial charge in [-0.15, -0.1) is 0 Å². The third-order valence-corrected chi connectivity index (χ3v) is 7.41. The van der Waals surface area contributed by atoms with Crippen molar-refractivity contribution < 1.29 is 4.79 Å². The van der Waals surface area contributed by atoms with Gasteiger partial charge in [0.15, 0.2) is 0 Å². The van der Waals surface area contributed by atoms with E-state index in [1.54, 1.807) is 12.4 Å². The maximum absolute atomic E-state index is 13.9. The van der Waals surface area contributed by atoms with Crippen LogP contribution in [0.4, 0.5) is 5.95 Å². The molecule has 3 heterocycles. The number of hydrogen-bond acceptors (Lipinski definition) is 5. The van der Waals surface area contributed by atoms with E-state index in [0.717, 1.165) is 58.9 Å². The van der Waals surface area contributed by atoms with Crippen LogP contribution in [0.15, 0.2) is 47.2 Å². The van der Waals surface area contributed by atoms with Crippen molar-refractivity contribution in [1.82, 2.24) is 19.9 Å². The van der Waals surface area contributed by atoms with Gasteiger partial charge in [-0.3, -0.25) is 9.78 Å². The van der Waals surface area contributed by atoms with Crippen molar-refractivity contribution in [1.29, 1.82) is 0 Å². The fourth-order valence-corrected chi connectivity index (χ4v) is 5.29. The van der Waals surface area contributed by atoms with Crippen LogP contribution in [-0.2, 0) is 0 Å². The smallest absolute Gasteiger partial charge is 0.254 e. The van der Waals surface area contributed by atoms with Crippen molar-refractivity contribution in [2.45, 2.75) is 52.5 Å². The number of pyridine rings is 1. The number of aryl methyl sites for hydroxylation is 1. The third-order valence-electron chi connectivity index (χ3n) is 7.00. The maximum atomic E-state index is 13.9. The summed E-state index contributed by atoms with van der Waals surface area (Å²) in [7, 11) is 0. The van der Waals surface area contributed by atoms with Gasteiger partial charge in [0.2, 0.25) is 5.95 Å². The molecule has 1 atom stereocenters. The minimum absolute atomic E-state index is 0.0552. The highest BCUT2D eigenvalue weighted by molar-refractivity contribution is 9.10. The zero-order valence-corrected chi connectivity index (χ0v) is 20.5. The van der Waals surface area contributed by atoms with Crippen LogP contribution >= 0.6 is 15.9 Å². The highest BCUT2D eigenvalue weighted by Crippen LogP contribution is 2.42. The minimum atomic E-state index is 0.0552. The Morgan fingerprint density at radius 3 is 2.66 bits per heavy atom. The maximum Gasteiger partial charge on any atom is 0.254 e. The molecule has 0 bridgehead atoms. The van der Waals surface area contributed by atoms with Gasteiger partial charge >= 0.3 is 0 Å². The number of hydrogen-bond donors (Lipinski definition) is 1. The minimum Gasteiger partial charge on any atom is -0.352 e. The van der Waals surface area contributed by atoms with Crippen molar-refractivity contribution in [2.75, 3.05) is 18.4 Å². The number of aromatic nitrogens is 3. The fourth-order valence-electron chi connectivity index (χ4n) is 5.09. The topological polar surface area (TPSA) is 71.0 Å². The molecule has 1 fully saturated rings. The molecule has 1 aliphatic rings. The van der Waals surface area contributed by atoms with Crippen molar-refractivity contribution in [3.05, 3.63) is 58.5 Å². The lowest BCUT2D eigenvalue weighted by atomic mass is 9.69. The molecular formula is C25H30BrN5O. The predicted molar refractivity (Wildman–Crippen MR) is 132 cm³/mol. The van der Waals surface area contributed by atoms with E-state index in [9.17, 15) is 4.79 Å². The lowest BCUT2D eigenvalue weighted by Crippen LogP contribution is -2.57. The molecule has 1 unspecified atom stereocenters. The number of carbonyl (C=O) groups excluding carboxylic acids is 1. The lowest BCUT2D eigenvalue weighted by Gasteiger charge is -2.50. The molecule has 0 aliphatic carbocycles. The molecule has 6 nitrogen and oxygen atoms in total. The Labute approximate surface area is 198 Å². The van der Waals surface area contributed by atoms with Gasteiger partial charge in [-0.05, 0) is 72.2 Å². The molecule has 3 aromatic rings. The summed E-state index contributed by atoms with van der Waals surface area (Å²) in [5.41, 5.74) is 2.61. The largest absolute Gasteiger partial charge is 0.352 e. The van der Waals surface area contributed by atoms with Gasteiger partial charge in [0.05, 0.1) is 16.0 Å². The molecule has 32 heavy (non-hydrogen) atoms. The van der Waals surface area contributed by atoms with Crippen molar-refractivity contribution >= 4 is 38.7 Å². The average molecular weight is 496 g/mol. The van der Waals surface area contributed by atoms with Crippen LogP contribution in [0.1, 0.15) is 55.6 Å². The standard InChI is InChI=1S/C25H30BrN5O/c1-4-25(5-2)12-7-13-31(22(25)16-29-24-27-14-18(26)15-28-24)23(32)20-8-6-9-21-19(20)11-10-17(3)30-21/h6,8-11,14-15,22H,4-5,7,12-13,16H2,1-3H3,(H,27,28,29). The molecule has 0 radical (unpaired) electrons. The van der Waals surface area contributed by atoms with E-state index in [4.69, 9.17) is 0 Å². The monoisotopic (exact) mass is 495 g/mol. The molecule has 1 saturated heterocycles. The van der Waals surface area contributed by atoms with E-state index in [-0.39, 0.29) is 17.4 Å². The first-order valence-electron chi connectivity index (χ1n) is 11.4. The van der Waals surface area contributed by atoms with Gasteiger partial charge in [0.1, 0.15) is 0 Å². The number of rotatable bonds is 6. The van der Waals surface area contributed by atoms with E-state index in [2.05, 4.69) is 54.9 Å². The second kappa shape index (κ2) is 9.53. The van der Waals surface area contributed by atoms with E-state index in [1.165, 1.54) is 0 Å². The Kier molecular flexibility index (Phi) is 6.74. The highest BCUT2D eigenvalue weighted by atomic mass is 79.9. The Hall–Kier alpha value is -2.54. The highest BCUT2D eigenvalue weighted by Gasteiger charge is 2.44. The van der Waals surface area contributed by atoms with E-state index >= 15 is 0 Å². The van der Waals surface area contributed by atoms with Gasteiger partial charge in [0.25, 0.3) is 5.91 Å². The summed E-state index contributed by atoms with van der Waals surface area (Å²) < 4.78 is 0.841. The Morgan fingerprint density at radius 2 is 1.94 bits per heavy atom. The summed E-state index contributed by atoms with van der Waals surface area (Å²) >= 11 is 3.38. The summed E-state index contributed by atoms with van der Waals surface area (Å²) in [5, 5.41) is 4.31. The molecule has 1 N–H and O–H groups in total. The summed E-state index contributed by atoms with van der Waals surface area (Å²) in [6.07, 6.45) is 7.65. The van der Waals surface area contributed by atoms with Crippen molar-refractivity contribution in [3.63, 3.8) is 0 Å². The number of nitrogens with zero attached hydrogens (tertiary/aromatic N) is 4. The predicted octanol–water partition coefficient (Wildman–Crippen LogP) is 5.62. The van der Waals surface area contributed by atoms with Crippen LogP contribution in [0.25, 0.3) is 10.9 Å². The molecule has 1 aromatic carbocycles. The molecule has 7 heteroatoms. The second-order valence-electron chi connectivity index (χ2n) is 8.62. The number of amides is 1. The zero-order valence-electron chi connectivity index (χ0n) is 18.9. The first kappa shape index (κ1) is 22.6. The molecule has 1 amide bonds. The van der Waals surface area contributed by atoms with Crippen molar-refractivity contribution in [2.24, 2.45) is 5.41 Å². The summed E-state index contributed by atoms with van der Waals surface area (Å²) in [6, 6.07) is 9.88. The number of benzene rings is 1. The zero-order chi connectivity index (χ0) is 22.7. The van der Waals surface area contributed by atoms with E-state index < -0.39 is 0 Å². The van der Waals surface area contributed by atoms with E-state index in [0.29, 0.717) is 12.5 Å². The number of halogens is 1. The molecule has 0 spiro atoms. The van der Waals surface area contributed by atoms with Crippen LogP contribution in [0.2, 0.25) is 0 Å². The van der Waals surface area contributed by atoms with Crippen LogP contribution < -0.4 is 5.32 Å². The Balaban J connectivity index is 1.68. The summed E-state index contributed by atoms with van der Waals surface area (Å²) in [5.74, 6) is 0.660. The number of piperidine rings is 1. The summed E-state index contributed by atoms with van der Waals surface area (Å²) in [6.45, 7) is 7.83. The second-order valence-corrected chi connectivity index (χ2v) is 9.53. The lowest BCUT2D eigenvalue weighted by molar-refractivity contribution is 0.0138. The Morgan fingerprint density at radius 1 is 1.19 bits per heavy atom. The van der Waals surface area contributed by atoms with Crippen molar-refractivity contribution in [3.8, 4) is 0 Å². The van der Waals surface area contributed by atoms with Crippen LogP contribution in [-0.4, -0.2) is 44.9 Å². The quantitative estimate of drug-likeness (QED) is 0.480. The van der Waals surface area contributed by atoms with Gasteiger partial charge in [-0.25, -0.2) is 9.97 Å². The first-order chi connectivity index (χ1) is 15.5. The van der Waals surface area contributed by atoms with Crippen LogP contribution in [0.5, 0.6) is 0 Å². The third kappa shape index (κ3) is 4.35. The van der Waals surface area contributed by atoms with E-state index in [1.807, 2.05) is 37.3 Å². The molecule has 4 rings (SSSR count). The molecular weight excluding hydrogens is 466 g/mol. The van der Waals surface area contributed by atoms with Gasteiger partial charge in [0, 0.05) is 42.1 Å². The van der Waals surface area contributed by atoms with Gasteiger partial charge in [-0.1, -0.05) is 26.0 Å². The fraction of sp³-hybridized carbons (Fsp3) is 0.440. The molecule has 1 aliphatic heterocycles. The number of anilines is 1. The van der Waals surface area contributed by atoms with Crippen LogP contribution in [0.3, 0.4) is 0 Å². The summed E-state index contributed by atoms with van der Waals surface area (Å²) in [4.78, 5) is 29.3. The van der Waals surface area contributed by atoms with Gasteiger partial charge < -0.3 is 10.2 Å². The number of carbonyl (C=O) groups is 1. The SMILES string of the molecule is CCC1(CC)CCCN(C(=O)c2cccc3nc(C)ccc23)C1CNc1ncc(Br)cn1. The number of likely N-dealkylation sites (tertiary alicyclic amines) is 1. The number of fused-ring (bicyclic) bond motifs is 1. The Bertz CT molecular complexity index is 1100. The molecule has 2 aromatic heterocycles.